The Morgan fingerprint density at radius 2 is 1.90 bits per heavy atom. The van der Waals surface area contributed by atoms with E-state index in [0.29, 0.717) is 11.5 Å². The van der Waals surface area contributed by atoms with Crippen LogP contribution in [-0.4, -0.2) is 16.2 Å². The van der Waals surface area contributed by atoms with E-state index in [1.807, 2.05) is 36.4 Å². The molecule has 100 valence electrons. The molecule has 0 saturated carbocycles. The first-order valence-electron chi connectivity index (χ1n) is 5.95. The van der Waals surface area contributed by atoms with Crippen LogP contribution in [0.4, 0.5) is 0 Å². The third-order valence-corrected chi connectivity index (χ3v) is 3.65. The second-order valence-corrected chi connectivity index (χ2v) is 5.39. The number of hydrogen-bond donors (Lipinski definition) is 1. The largest absolute Gasteiger partial charge is 0.477 e. The van der Waals surface area contributed by atoms with E-state index in [-0.39, 0.29) is 5.56 Å². The van der Waals surface area contributed by atoms with Crippen molar-refractivity contribution in [1.82, 2.24) is 5.16 Å². The summed E-state index contributed by atoms with van der Waals surface area (Å²) in [4.78, 5) is 11.3. The number of halogens is 1. The molecule has 20 heavy (non-hydrogen) atoms. The number of aromatic carboxylic acids is 1. The van der Waals surface area contributed by atoms with Gasteiger partial charge in [0.05, 0.1) is 0 Å². The Kier molecular flexibility index (Phi) is 3.06. The Morgan fingerprint density at radius 1 is 1.20 bits per heavy atom. The van der Waals surface area contributed by atoms with Crippen LogP contribution in [0.3, 0.4) is 0 Å². The zero-order valence-corrected chi connectivity index (χ0v) is 12.1. The monoisotopic (exact) mass is 331 g/mol. The van der Waals surface area contributed by atoms with Crippen LogP contribution in [0.1, 0.15) is 16.1 Å². The molecule has 1 N–H and O–H groups in total. The number of carboxylic acids is 1. The molecule has 1 heterocycles. The molecule has 0 aliphatic rings. The number of carboxylic acid groups (broad SMARTS) is 1. The number of aryl methyl sites for hydroxylation is 1. The van der Waals surface area contributed by atoms with Gasteiger partial charge in [-0.1, -0.05) is 39.3 Å². The predicted octanol–water partition coefficient (Wildman–Crippen LogP) is 4.26. The summed E-state index contributed by atoms with van der Waals surface area (Å²) < 4.78 is 6.01. The lowest BCUT2D eigenvalue weighted by atomic mass is 10.0. The van der Waals surface area contributed by atoms with Crippen molar-refractivity contribution in [2.45, 2.75) is 6.92 Å². The summed E-state index contributed by atoms with van der Waals surface area (Å²) in [6, 6.07) is 11.6. The molecule has 4 nitrogen and oxygen atoms in total. The SMILES string of the molecule is Cc1onc(-c2ccc3cc(Br)ccc3c2)c1C(=O)O. The molecule has 3 rings (SSSR count). The number of nitrogens with zero attached hydrogens (tertiary/aromatic N) is 1. The lowest BCUT2D eigenvalue weighted by Crippen LogP contribution is -1.99. The Hall–Kier alpha value is -2.14. The van der Waals surface area contributed by atoms with Crippen molar-refractivity contribution in [3.63, 3.8) is 0 Å². The Labute approximate surface area is 123 Å². The van der Waals surface area contributed by atoms with Gasteiger partial charge in [0, 0.05) is 10.0 Å². The molecule has 0 amide bonds. The number of aromatic nitrogens is 1. The van der Waals surface area contributed by atoms with Gasteiger partial charge in [0.25, 0.3) is 0 Å². The quantitative estimate of drug-likeness (QED) is 0.761. The lowest BCUT2D eigenvalue weighted by Gasteiger charge is -2.02. The van der Waals surface area contributed by atoms with Gasteiger partial charge in [-0.2, -0.15) is 0 Å². The van der Waals surface area contributed by atoms with Crippen molar-refractivity contribution in [3.05, 3.63) is 52.2 Å². The number of carbonyl (C=O) groups is 1. The molecule has 0 spiro atoms. The minimum absolute atomic E-state index is 0.112. The highest BCUT2D eigenvalue weighted by Gasteiger charge is 2.20. The molecular formula is C15H10BrNO3. The van der Waals surface area contributed by atoms with Crippen molar-refractivity contribution < 1.29 is 14.4 Å². The lowest BCUT2D eigenvalue weighted by molar-refractivity contribution is 0.0696. The average molecular weight is 332 g/mol. The molecule has 0 radical (unpaired) electrons. The summed E-state index contributed by atoms with van der Waals surface area (Å²) in [7, 11) is 0. The molecule has 1 aromatic heterocycles. The van der Waals surface area contributed by atoms with Gasteiger partial charge in [-0.3, -0.25) is 0 Å². The molecule has 3 aromatic rings. The molecule has 0 atom stereocenters. The Bertz CT molecular complexity index is 823. The van der Waals surface area contributed by atoms with E-state index in [1.54, 1.807) is 6.92 Å². The summed E-state index contributed by atoms with van der Waals surface area (Å²) in [5, 5.41) is 15.2. The van der Waals surface area contributed by atoms with E-state index in [1.165, 1.54) is 0 Å². The van der Waals surface area contributed by atoms with Gasteiger partial charge >= 0.3 is 5.97 Å². The van der Waals surface area contributed by atoms with E-state index in [4.69, 9.17) is 4.52 Å². The van der Waals surface area contributed by atoms with Crippen molar-refractivity contribution in [1.29, 1.82) is 0 Å². The third kappa shape index (κ3) is 2.10. The topological polar surface area (TPSA) is 63.3 Å². The van der Waals surface area contributed by atoms with Crippen molar-refractivity contribution >= 4 is 32.7 Å². The fourth-order valence-electron chi connectivity index (χ4n) is 2.18. The van der Waals surface area contributed by atoms with Crippen LogP contribution >= 0.6 is 15.9 Å². The summed E-state index contributed by atoms with van der Waals surface area (Å²) in [6.45, 7) is 1.60. The minimum atomic E-state index is -1.03. The minimum Gasteiger partial charge on any atom is -0.477 e. The normalized spacial score (nSPS) is 10.9. The number of benzene rings is 2. The molecule has 5 heteroatoms. The van der Waals surface area contributed by atoms with Crippen molar-refractivity contribution in [3.8, 4) is 11.3 Å². The standard InChI is InChI=1S/C15H10BrNO3/c1-8-13(15(18)19)14(17-20-8)11-3-2-10-7-12(16)5-4-9(10)6-11/h2-7H,1H3,(H,18,19). The first kappa shape index (κ1) is 12.9. The number of rotatable bonds is 2. The molecule has 0 aliphatic carbocycles. The van der Waals surface area contributed by atoms with E-state index >= 15 is 0 Å². The van der Waals surface area contributed by atoms with Gasteiger partial charge in [0.1, 0.15) is 17.0 Å². The number of hydrogen-bond acceptors (Lipinski definition) is 3. The van der Waals surface area contributed by atoms with Crippen LogP contribution in [0.15, 0.2) is 45.4 Å². The zero-order valence-electron chi connectivity index (χ0n) is 10.6. The molecule has 0 fully saturated rings. The second-order valence-electron chi connectivity index (χ2n) is 4.47. The average Bonchev–Trinajstić information content (AvgIpc) is 2.80. The van der Waals surface area contributed by atoms with Gasteiger partial charge in [-0.05, 0) is 35.9 Å². The first-order chi connectivity index (χ1) is 9.56. The number of fused-ring (bicyclic) bond motifs is 1. The van der Waals surface area contributed by atoms with E-state index in [2.05, 4.69) is 21.1 Å². The fourth-order valence-corrected chi connectivity index (χ4v) is 2.56. The smallest absolute Gasteiger partial charge is 0.341 e. The predicted molar refractivity (Wildman–Crippen MR) is 78.8 cm³/mol. The van der Waals surface area contributed by atoms with Crippen LogP contribution in [0.2, 0.25) is 0 Å². The highest BCUT2D eigenvalue weighted by molar-refractivity contribution is 9.10. The van der Waals surface area contributed by atoms with Crippen LogP contribution in [0, 0.1) is 6.92 Å². The summed E-state index contributed by atoms with van der Waals surface area (Å²) in [5.41, 5.74) is 1.20. The molecule has 0 saturated heterocycles. The highest BCUT2D eigenvalue weighted by atomic mass is 79.9. The molecule has 0 bridgehead atoms. The molecular weight excluding hydrogens is 322 g/mol. The van der Waals surface area contributed by atoms with Gasteiger partial charge in [-0.25, -0.2) is 4.79 Å². The summed E-state index contributed by atoms with van der Waals surface area (Å²) >= 11 is 3.42. The Morgan fingerprint density at radius 3 is 2.65 bits per heavy atom. The molecule has 0 aliphatic heterocycles. The van der Waals surface area contributed by atoms with Crippen LogP contribution in [0.5, 0.6) is 0 Å². The van der Waals surface area contributed by atoms with Crippen LogP contribution < -0.4 is 0 Å². The molecule has 0 unspecified atom stereocenters. The van der Waals surface area contributed by atoms with Crippen molar-refractivity contribution in [2.75, 3.05) is 0 Å². The molecule has 2 aromatic carbocycles. The van der Waals surface area contributed by atoms with Crippen molar-refractivity contribution in [2.24, 2.45) is 0 Å². The second kappa shape index (κ2) is 4.76. The summed E-state index contributed by atoms with van der Waals surface area (Å²) in [6.07, 6.45) is 0. The highest BCUT2D eigenvalue weighted by Crippen LogP contribution is 2.29. The Balaban J connectivity index is 2.20. The van der Waals surface area contributed by atoms with Gasteiger partial charge in [0.2, 0.25) is 0 Å². The zero-order chi connectivity index (χ0) is 14.3. The summed E-state index contributed by atoms with van der Waals surface area (Å²) in [5.74, 6) is -0.724. The maximum atomic E-state index is 11.3. The van der Waals surface area contributed by atoms with Gasteiger partial charge in [0.15, 0.2) is 0 Å². The fraction of sp³-hybridized carbons (Fsp3) is 0.0667. The van der Waals surface area contributed by atoms with E-state index < -0.39 is 5.97 Å². The maximum Gasteiger partial charge on any atom is 0.341 e. The van der Waals surface area contributed by atoms with E-state index in [0.717, 1.165) is 20.8 Å². The van der Waals surface area contributed by atoms with Gasteiger partial charge < -0.3 is 9.63 Å². The first-order valence-corrected chi connectivity index (χ1v) is 6.75. The maximum absolute atomic E-state index is 11.3. The van der Waals surface area contributed by atoms with Crippen LogP contribution in [-0.2, 0) is 0 Å². The van der Waals surface area contributed by atoms with E-state index in [9.17, 15) is 9.90 Å². The van der Waals surface area contributed by atoms with Gasteiger partial charge in [-0.15, -0.1) is 0 Å². The third-order valence-electron chi connectivity index (χ3n) is 3.15. The van der Waals surface area contributed by atoms with Crippen LogP contribution in [0.25, 0.3) is 22.0 Å².